The van der Waals surface area contributed by atoms with Crippen molar-refractivity contribution >= 4 is 118 Å². The third kappa shape index (κ3) is 41.0. The topological polar surface area (TPSA) is 159 Å². The molecule has 9 nitrogen and oxygen atoms in total. The summed E-state index contributed by atoms with van der Waals surface area (Å²) in [6.07, 6.45) is 24.7. The normalized spacial score (nSPS) is 17.8. The van der Waals surface area contributed by atoms with Crippen molar-refractivity contribution in [2.75, 3.05) is 0 Å². The fraction of sp³-hybridized carbons (Fsp3) is 0.900. The van der Waals surface area contributed by atoms with Gasteiger partial charge in [-0.2, -0.15) is 0 Å². The molecule has 0 unspecified atom stereocenters. The van der Waals surface area contributed by atoms with E-state index in [0.29, 0.717) is 21.5 Å². The van der Waals surface area contributed by atoms with Gasteiger partial charge in [0.1, 0.15) is 0 Å². The molecule has 0 radical (unpaired) electrons. The van der Waals surface area contributed by atoms with Gasteiger partial charge in [-0.25, -0.2) is 9.79 Å². The van der Waals surface area contributed by atoms with Crippen molar-refractivity contribution < 1.29 is 33.9 Å². The number of rotatable bonds is 3. The predicted molar refractivity (Wildman–Crippen MR) is 231 cm³/mol. The van der Waals surface area contributed by atoms with Crippen molar-refractivity contribution in [3.05, 3.63) is 10.4 Å². The van der Waals surface area contributed by atoms with E-state index in [1.165, 1.54) is 64.2 Å². The summed E-state index contributed by atoms with van der Waals surface area (Å²) in [5, 5.41) is 11.6. The van der Waals surface area contributed by atoms with Crippen LogP contribution in [0, 0.1) is 11.8 Å². The zero-order valence-electron chi connectivity index (χ0n) is 24.8. The number of hydrogen-bond acceptors (Lipinski definition) is 5. The van der Waals surface area contributed by atoms with Gasteiger partial charge < -0.3 is 10.8 Å². The molecule has 0 heterocycles. The number of carboxylic acids is 1. The van der Waals surface area contributed by atoms with E-state index in [1.807, 2.05) is 0 Å². The van der Waals surface area contributed by atoms with E-state index in [0.717, 1.165) is 64.2 Å². The summed E-state index contributed by atoms with van der Waals surface area (Å²) in [6, 6.07) is 0.838. The van der Waals surface area contributed by atoms with Crippen molar-refractivity contribution in [2.24, 2.45) is 27.7 Å². The van der Waals surface area contributed by atoms with Crippen LogP contribution in [0.1, 0.15) is 151 Å². The Labute approximate surface area is 347 Å². The number of isocyanates is 1. The Morgan fingerprint density at radius 2 is 1.07 bits per heavy atom. The molecule has 4 aliphatic rings. The van der Waals surface area contributed by atoms with Crippen molar-refractivity contribution in [3.63, 3.8) is 0 Å². The minimum absolute atomic E-state index is 0. The number of azide groups is 1. The first kappa shape index (κ1) is 57.9. The molecule has 0 aromatic heterocycles. The van der Waals surface area contributed by atoms with E-state index in [1.54, 1.807) is 6.08 Å². The van der Waals surface area contributed by atoms with Gasteiger partial charge in [-0.1, -0.05) is 99.3 Å². The molecule has 1 amide bonds. The molecule has 16 heteroatoms. The zero-order chi connectivity index (χ0) is 32.7. The zero-order valence-corrected chi connectivity index (χ0v) is 38.4. The van der Waals surface area contributed by atoms with Gasteiger partial charge in [0.05, 0.1) is 12.0 Å². The first-order valence-corrected chi connectivity index (χ1v) is 37.5. The van der Waals surface area contributed by atoms with Crippen LogP contribution in [0.25, 0.3) is 10.4 Å². The molecule has 0 spiro atoms. The Morgan fingerprint density at radius 1 is 0.739 bits per heavy atom. The van der Waals surface area contributed by atoms with Crippen LogP contribution >= 0.6 is 99.9 Å². The quantitative estimate of drug-likeness (QED) is 0.0718. The molecule has 3 N–H and O–H groups in total. The number of amides is 1. The number of carbonyl (C=O) groups excluding carboxylic acids is 2. The van der Waals surface area contributed by atoms with Gasteiger partial charge in [-0.05, 0) is 62.0 Å². The molecule has 4 rings (SSSR count). The molecular formula is C30H59I5N5O4V2. The molecule has 0 aromatic rings. The molecule has 46 heavy (non-hydrogen) atoms. The van der Waals surface area contributed by atoms with Crippen LogP contribution in [0.15, 0.2) is 10.1 Å². The molecule has 0 aliphatic heterocycles. The maximum atomic E-state index is 11.0. The average Bonchev–Trinajstić information content (AvgIpc) is 3.00. The number of nitrogens with two attached hydrogens (primary N) is 1. The average molecular weight is 1290 g/mol. The van der Waals surface area contributed by atoms with Crippen LogP contribution in [0.2, 0.25) is 0 Å². The number of halogens is 5. The molecule has 273 valence electrons. The van der Waals surface area contributed by atoms with Crippen LogP contribution in [0.3, 0.4) is 0 Å². The van der Waals surface area contributed by atoms with Crippen LogP contribution in [0.4, 0.5) is 0 Å². The molecule has 0 aromatic carbocycles. The van der Waals surface area contributed by atoms with Crippen molar-refractivity contribution in [1.82, 2.24) is 0 Å². The Kier molecular flexibility index (Phi) is 55.1. The summed E-state index contributed by atoms with van der Waals surface area (Å²) in [6.45, 7) is 0. The number of hydrogen-bond donors (Lipinski definition) is 2. The van der Waals surface area contributed by atoms with Crippen molar-refractivity contribution in [2.45, 2.75) is 163 Å². The van der Waals surface area contributed by atoms with Crippen LogP contribution < -0.4 is 5.73 Å². The van der Waals surface area contributed by atoms with E-state index in [9.17, 15) is 14.4 Å². The number of nitrogens with zero attached hydrogens (tertiary/aromatic N) is 4. The summed E-state index contributed by atoms with van der Waals surface area (Å²) in [7, 11) is 0.628. The van der Waals surface area contributed by atoms with Gasteiger partial charge in [-0.15, -0.1) is 0 Å². The Balaban J connectivity index is -0.000000150. The molecular weight excluding hydrogens is 1230 g/mol. The van der Waals surface area contributed by atoms with Crippen LogP contribution in [0.5, 0.6) is 0 Å². The van der Waals surface area contributed by atoms with Gasteiger partial charge in [0.15, 0.2) is 0 Å². The summed E-state index contributed by atoms with van der Waals surface area (Å²) in [5.74, 6) is -0.889. The van der Waals surface area contributed by atoms with Crippen LogP contribution in [-0.4, -0.2) is 35.1 Å². The fourth-order valence-corrected chi connectivity index (χ4v) is 5.24. The molecule has 4 aliphatic carbocycles. The van der Waals surface area contributed by atoms with E-state index in [-0.39, 0.29) is 44.9 Å². The predicted octanol–water partition coefficient (Wildman–Crippen LogP) is 13.3. The third-order valence-electron chi connectivity index (χ3n) is 7.51. The first-order chi connectivity index (χ1) is 20.6. The number of carboxylic acid groups (broad SMARTS) is 1. The number of carbonyl (C=O) groups is 2. The summed E-state index contributed by atoms with van der Waals surface area (Å²) < 4.78 is 0. The van der Waals surface area contributed by atoms with Gasteiger partial charge >= 0.3 is 120 Å². The van der Waals surface area contributed by atoms with Crippen LogP contribution in [-0.2, 0) is 28.8 Å². The number of aliphatic imine (C=N–C) groups is 1. The monoisotopic (exact) mass is 1290 g/mol. The summed E-state index contributed by atoms with van der Waals surface area (Å²) in [5.41, 5.74) is 13.6. The minimum atomic E-state index is -0.602. The fourth-order valence-electron chi connectivity index (χ4n) is 5.24. The maximum absolute atomic E-state index is 11.0. The second-order valence-corrected chi connectivity index (χ2v) is 57.9. The molecule has 0 saturated heterocycles. The van der Waals surface area contributed by atoms with Gasteiger partial charge in [0.25, 0.3) is 0 Å². The van der Waals surface area contributed by atoms with E-state index < -0.39 is 5.97 Å². The smallest absolute Gasteiger partial charge is 0.222 e. The van der Waals surface area contributed by atoms with Crippen molar-refractivity contribution in [3.8, 4) is 0 Å². The Morgan fingerprint density at radius 3 is 1.33 bits per heavy atom. The SMILES string of the molecule is C.C.C.NC1CCCCC1.O=C(O)C1CCCCC1.O=C=NC1CCCCC1.[I][V]([I])[I].[I][V][I].[N-]=[N+]=NC(=O)C1CCCCC1. The maximum Gasteiger partial charge on any atom is 0.222 e. The standard InChI is InChI=1S/C7H11N3O.C7H11NO.C7H12O2.C6H13N.3CH4.5HI.2V/c8-10-9-7(11)6-4-2-1-3-5-6;9-6-8-7-4-2-1-3-5-7;8-7(9)6-4-2-1-3-5-6;7-6-4-2-1-3-5-6;;;;;;;;;;/h6H,1-5H2;7H,1-5H2;6H,1-5H2,(H,8,9);6H,1-5,7H2;3*1H4;5*1H;;/q;;;;;;;;;;;;+2;+3/p-5. The van der Waals surface area contributed by atoms with Gasteiger partial charge in [0.2, 0.25) is 12.0 Å². The largest absolute Gasteiger partial charge is 0.292 e. The van der Waals surface area contributed by atoms with Crippen molar-refractivity contribution in [1.29, 1.82) is 0 Å². The van der Waals surface area contributed by atoms with E-state index >= 15 is 0 Å². The Bertz CT molecular complexity index is 769. The molecule has 4 fully saturated rings. The second kappa shape index (κ2) is 43.8. The van der Waals surface area contributed by atoms with Gasteiger partial charge in [-0.3, -0.25) is 9.59 Å². The van der Waals surface area contributed by atoms with Gasteiger partial charge in [0, 0.05) is 16.9 Å². The molecule has 0 bridgehead atoms. The second-order valence-electron chi connectivity index (χ2n) is 10.7. The molecule has 4 saturated carbocycles. The summed E-state index contributed by atoms with van der Waals surface area (Å²) >= 11 is 12.1. The van der Waals surface area contributed by atoms with E-state index in [4.69, 9.17) is 16.4 Å². The van der Waals surface area contributed by atoms with E-state index in [2.05, 4.69) is 115 Å². The number of aliphatic carboxylic acids is 1. The molecule has 0 atom stereocenters. The third-order valence-corrected chi connectivity index (χ3v) is 7.51. The Hall–Kier alpha value is 2.61. The minimum Gasteiger partial charge on any atom is -0.292 e. The first-order valence-electron chi connectivity index (χ1n) is 15.0. The summed E-state index contributed by atoms with van der Waals surface area (Å²) in [4.78, 5) is 37.0.